The molecule has 0 atom stereocenters. The largest absolute Gasteiger partial charge is 0.466 e. The van der Waals surface area contributed by atoms with Gasteiger partial charge in [0.1, 0.15) is 12.2 Å². The first-order valence-electron chi connectivity index (χ1n) is 6.27. The highest BCUT2D eigenvalue weighted by Gasteiger charge is 2.12. The molecule has 0 aromatic heterocycles. The zero-order chi connectivity index (χ0) is 15.1. The van der Waals surface area contributed by atoms with Crippen molar-refractivity contribution in [3.63, 3.8) is 0 Å². The maximum atomic E-state index is 11.6. The number of benzene rings is 1. The summed E-state index contributed by atoms with van der Waals surface area (Å²) >= 11 is 11.8. The third kappa shape index (κ3) is 5.80. The molecule has 1 rings (SSSR count). The van der Waals surface area contributed by atoms with Crippen LogP contribution in [0.2, 0.25) is 10.0 Å². The molecule has 0 fully saturated rings. The fourth-order valence-electron chi connectivity index (χ4n) is 1.64. The minimum Gasteiger partial charge on any atom is -0.466 e. The Morgan fingerprint density at radius 2 is 1.80 bits per heavy atom. The summed E-state index contributed by atoms with van der Waals surface area (Å²) in [4.78, 5) is 24.6. The van der Waals surface area contributed by atoms with Gasteiger partial charge in [0.05, 0.1) is 6.61 Å². The summed E-state index contributed by atoms with van der Waals surface area (Å²) < 4.78 is 4.73. The number of hydrogen-bond acceptors (Lipinski definition) is 4. The van der Waals surface area contributed by atoms with E-state index in [1.54, 1.807) is 25.1 Å². The van der Waals surface area contributed by atoms with E-state index in [1.807, 2.05) is 11.9 Å². The Morgan fingerprint density at radius 1 is 1.20 bits per heavy atom. The van der Waals surface area contributed by atoms with Crippen LogP contribution in [-0.4, -0.2) is 32.0 Å². The fourth-order valence-corrected chi connectivity index (χ4v) is 2.16. The molecule has 1 aromatic rings. The predicted octanol–water partition coefficient (Wildman–Crippen LogP) is 3.34. The van der Waals surface area contributed by atoms with Gasteiger partial charge in [0.15, 0.2) is 0 Å². The number of anilines is 1. The normalized spacial score (nSPS) is 10.2. The molecular weight excluding hydrogens is 301 g/mol. The minimum atomic E-state index is -0.481. The number of nitrogens with zero attached hydrogens (tertiary/aromatic N) is 1. The predicted molar refractivity (Wildman–Crippen MR) is 80.6 cm³/mol. The number of rotatable bonds is 7. The van der Waals surface area contributed by atoms with E-state index in [-0.39, 0.29) is 25.2 Å². The molecule has 1 aromatic carbocycles. The van der Waals surface area contributed by atoms with Crippen LogP contribution in [0.3, 0.4) is 0 Å². The van der Waals surface area contributed by atoms with Gasteiger partial charge < -0.3 is 9.64 Å². The van der Waals surface area contributed by atoms with E-state index < -0.39 is 5.97 Å². The van der Waals surface area contributed by atoms with Gasteiger partial charge in [0.25, 0.3) is 0 Å². The summed E-state index contributed by atoms with van der Waals surface area (Å²) in [5, 5.41) is 1.08. The van der Waals surface area contributed by atoms with Crippen LogP contribution in [0, 0.1) is 0 Å². The van der Waals surface area contributed by atoms with Crippen LogP contribution < -0.4 is 4.90 Å². The topological polar surface area (TPSA) is 46.6 Å². The number of halogens is 2. The van der Waals surface area contributed by atoms with Crippen LogP contribution in [0.5, 0.6) is 0 Å². The van der Waals surface area contributed by atoms with E-state index in [2.05, 4.69) is 0 Å². The molecule has 0 N–H and O–H groups in total. The number of ether oxygens (including phenoxy) is 1. The monoisotopic (exact) mass is 317 g/mol. The third-order valence-electron chi connectivity index (χ3n) is 2.66. The van der Waals surface area contributed by atoms with Crippen molar-refractivity contribution in [3.05, 3.63) is 28.2 Å². The first-order chi connectivity index (χ1) is 9.42. The second-order valence-corrected chi connectivity index (χ2v) is 5.19. The fraction of sp³-hybridized carbons (Fsp3) is 0.429. The zero-order valence-corrected chi connectivity index (χ0v) is 13.0. The molecule has 0 amide bonds. The lowest BCUT2D eigenvalue weighted by Crippen LogP contribution is -2.22. The quantitative estimate of drug-likeness (QED) is 0.571. The molecule has 0 radical (unpaired) electrons. The molecule has 110 valence electrons. The molecule has 0 heterocycles. The Hall–Kier alpha value is -1.26. The lowest BCUT2D eigenvalue weighted by molar-refractivity contribution is -0.145. The molecule has 0 aliphatic carbocycles. The van der Waals surface area contributed by atoms with Gasteiger partial charge in [0, 0.05) is 35.7 Å². The summed E-state index contributed by atoms with van der Waals surface area (Å²) in [6, 6.07) is 5.18. The Balaban J connectivity index is 2.48. The minimum absolute atomic E-state index is 0.150. The molecule has 20 heavy (non-hydrogen) atoms. The second-order valence-electron chi connectivity index (χ2n) is 4.32. The smallest absolute Gasteiger partial charge is 0.313 e. The lowest BCUT2D eigenvalue weighted by Gasteiger charge is -2.19. The Labute approximate surface area is 128 Å². The maximum absolute atomic E-state index is 11.6. The molecule has 0 spiro atoms. The molecule has 0 saturated heterocycles. The summed E-state index contributed by atoms with van der Waals surface area (Å²) in [6.07, 6.45) is 0.0808. The van der Waals surface area contributed by atoms with Crippen LogP contribution in [-0.2, 0) is 14.3 Å². The van der Waals surface area contributed by atoms with E-state index >= 15 is 0 Å². The maximum Gasteiger partial charge on any atom is 0.313 e. The van der Waals surface area contributed by atoms with E-state index in [0.717, 1.165) is 5.69 Å². The van der Waals surface area contributed by atoms with Crippen molar-refractivity contribution >= 4 is 40.6 Å². The van der Waals surface area contributed by atoms with E-state index in [9.17, 15) is 9.59 Å². The number of carbonyl (C=O) groups excluding carboxylic acids is 2. The van der Waals surface area contributed by atoms with Crippen molar-refractivity contribution in [1.82, 2.24) is 0 Å². The highest BCUT2D eigenvalue weighted by Crippen LogP contribution is 2.24. The number of ketones is 1. The number of carbonyl (C=O) groups is 2. The van der Waals surface area contributed by atoms with Gasteiger partial charge in [0.2, 0.25) is 0 Å². The van der Waals surface area contributed by atoms with Gasteiger partial charge in [-0.2, -0.15) is 0 Å². The molecule has 0 saturated carbocycles. The van der Waals surface area contributed by atoms with Crippen LogP contribution in [0.15, 0.2) is 18.2 Å². The van der Waals surface area contributed by atoms with Crippen LogP contribution in [0.1, 0.15) is 19.8 Å². The van der Waals surface area contributed by atoms with Gasteiger partial charge in [-0.05, 0) is 25.1 Å². The molecule has 6 heteroatoms. The Kier molecular flexibility index (Phi) is 6.82. The first-order valence-corrected chi connectivity index (χ1v) is 7.02. The van der Waals surface area contributed by atoms with E-state index in [1.165, 1.54) is 0 Å². The second kappa shape index (κ2) is 8.12. The Bertz CT molecular complexity index is 471. The molecule has 4 nitrogen and oxygen atoms in total. The average Bonchev–Trinajstić information content (AvgIpc) is 2.35. The van der Waals surface area contributed by atoms with Gasteiger partial charge in [-0.25, -0.2) is 0 Å². The van der Waals surface area contributed by atoms with Crippen LogP contribution >= 0.6 is 23.2 Å². The number of esters is 1. The van der Waals surface area contributed by atoms with Crippen molar-refractivity contribution in [2.75, 3.05) is 25.1 Å². The third-order valence-corrected chi connectivity index (χ3v) is 3.10. The number of hydrogen-bond donors (Lipinski definition) is 0. The summed E-state index contributed by atoms with van der Waals surface area (Å²) in [5.41, 5.74) is 0.825. The van der Waals surface area contributed by atoms with Crippen molar-refractivity contribution in [1.29, 1.82) is 0 Å². The SMILES string of the molecule is CCOC(=O)CC(=O)CCN(C)c1cc(Cl)cc(Cl)c1. The van der Waals surface area contributed by atoms with Gasteiger partial charge in [-0.15, -0.1) is 0 Å². The Morgan fingerprint density at radius 3 is 2.35 bits per heavy atom. The molecular formula is C14H17Cl2NO3. The lowest BCUT2D eigenvalue weighted by atomic mass is 10.2. The van der Waals surface area contributed by atoms with Crippen molar-refractivity contribution in [2.45, 2.75) is 19.8 Å². The van der Waals surface area contributed by atoms with Gasteiger partial charge >= 0.3 is 5.97 Å². The highest BCUT2D eigenvalue weighted by molar-refractivity contribution is 6.35. The van der Waals surface area contributed by atoms with Crippen molar-refractivity contribution < 1.29 is 14.3 Å². The van der Waals surface area contributed by atoms with Gasteiger partial charge in [-0.1, -0.05) is 23.2 Å². The first kappa shape index (κ1) is 16.8. The molecule has 0 bridgehead atoms. The summed E-state index contributed by atoms with van der Waals surface area (Å²) in [6.45, 7) is 2.47. The number of Topliss-reactive ketones (excluding diaryl/α,β-unsaturated/α-hetero) is 1. The van der Waals surface area contributed by atoms with E-state index in [4.69, 9.17) is 27.9 Å². The molecule has 0 aliphatic rings. The standard InChI is InChI=1S/C14H17Cl2NO3/c1-3-20-14(19)9-13(18)4-5-17(2)12-7-10(15)6-11(16)8-12/h6-8H,3-5,9H2,1-2H3. The summed E-state index contributed by atoms with van der Waals surface area (Å²) in [7, 11) is 1.83. The highest BCUT2D eigenvalue weighted by atomic mass is 35.5. The average molecular weight is 318 g/mol. The van der Waals surface area contributed by atoms with Crippen LogP contribution in [0.25, 0.3) is 0 Å². The van der Waals surface area contributed by atoms with Crippen molar-refractivity contribution in [2.24, 2.45) is 0 Å². The van der Waals surface area contributed by atoms with E-state index in [0.29, 0.717) is 16.6 Å². The van der Waals surface area contributed by atoms with Gasteiger partial charge in [-0.3, -0.25) is 9.59 Å². The van der Waals surface area contributed by atoms with Crippen LogP contribution in [0.4, 0.5) is 5.69 Å². The van der Waals surface area contributed by atoms with Crippen molar-refractivity contribution in [3.8, 4) is 0 Å². The summed E-state index contributed by atoms with van der Waals surface area (Å²) in [5.74, 6) is -0.630. The molecule has 0 aliphatic heterocycles. The molecule has 0 unspecified atom stereocenters. The zero-order valence-electron chi connectivity index (χ0n) is 11.5.